The normalized spacial score (nSPS) is 12.5. The minimum Gasteiger partial charge on any atom is -0.505 e. The van der Waals surface area contributed by atoms with E-state index >= 15 is 0 Å². The number of nitrogens with zero attached hydrogens (tertiary/aromatic N) is 6. The summed E-state index contributed by atoms with van der Waals surface area (Å²) in [6.45, 7) is -0.324. The van der Waals surface area contributed by atoms with E-state index in [4.69, 9.17) is 36.6 Å². The molecule has 6 aromatic rings. The average Bonchev–Trinajstić information content (AvgIpc) is 3.30. The number of nitrogen functional groups attached to an aromatic ring is 3. The van der Waals surface area contributed by atoms with Gasteiger partial charge < -0.3 is 27.0 Å². The molecule has 0 bridgehead atoms. The average molecular weight is 1040 g/mol. The second-order valence-electron chi connectivity index (χ2n) is 13.3. The summed E-state index contributed by atoms with van der Waals surface area (Å²) in [6, 6.07) is 20.9. The van der Waals surface area contributed by atoms with E-state index in [9.17, 15) is 34.9 Å². The van der Waals surface area contributed by atoms with Crippen LogP contribution in [0.1, 0.15) is 0 Å². The number of phenols is 1. The molecule has 68 heavy (non-hydrogen) atoms. The Labute approximate surface area is 393 Å². The number of ether oxygens (including phenoxy) is 1. The largest absolute Gasteiger partial charge is 0.505 e. The molecule has 0 heterocycles. The van der Waals surface area contributed by atoms with Gasteiger partial charge in [0.1, 0.15) is 27.7 Å². The Bertz CT molecular complexity index is 3240. The summed E-state index contributed by atoms with van der Waals surface area (Å²) in [6.07, 6.45) is 0. The molecule has 6 rings (SSSR count). The number of rotatable bonds is 21. The predicted octanol–water partition coefficient (Wildman–Crippen LogP) is 8.80. The van der Waals surface area contributed by atoms with Crippen molar-refractivity contribution in [3.8, 4) is 11.5 Å². The highest BCUT2D eigenvalue weighted by Gasteiger charge is 2.26. The van der Waals surface area contributed by atoms with Gasteiger partial charge in [-0.15, -0.1) is 24.0 Å². The lowest BCUT2D eigenvalue weighted by atomic mass is 10.1. The molecule has 0 aliphatic carbocycles. The zero-order valence-electron chi connectivity index (χ0n) is 34.3. The summed E-state index contributed by atoms with van der Waals surface area (Å²) in [4.78, 5) is -1.30. The van der Waals surface area contributed by atoms with Crippen molar-refractivity contribution in [1.82, 2.24) is 0 Å². The van der Waals surface area contributed by atoms with E-state index in [0.29, 0.717) is 34.9 Å². The lowest BCUT2D eigenvalue weighted by molar-refractivity contribution is -0.434. The quantitative estimate of drug-likeness (QED) is 0.00634. The molecule has 358 valence electrons. The first-order valence-corrected chi connectivity index (χ1v) is 24.4. The molecule has 11 N–H and O–H groups in total. The highest BCUT2D eigenvalue weighted by molar-refractivity contribution is 7.94. The monoisotopic (exact) mass is 1030 g/mol. The topological polar surface area (TPSA) is 403 Å². The Morgan fingerprint density at radius 3 is 1.84 bits per heavy atom. The number of methoxy groups -OCH3 is 1. The van der Waals surface area contributed by atoms with Crippen LogP contribution in [0.25, 0.3) is 10.8 Å². The number of aromatic hydroxyl groups is 1. The van der Waals surface area contributed by atoms with Gasteiger partial charge in [0.25, 0.3) is 20.1 Å². The van der Waals surface area contributed by atoms with Crippen molar-refractivity contribution in [3.05, 3.63) is 97.1 Å². The molecule has 0 radical (unpaired) electrons. The molecule has 0 fully saturated rings. The van der Waals surface area contributed by atoms with E-state index in [1.165, 1.54) is 98.1 Å². The Kier molecular flexibility index (Phi) is 16.5. The summed E-state index contributed by atoms with van der Waals surface area (Å²) in [7, 11) is -11.7. The number of nitrogens with two attached hydrogens (primary N) is 3. The number of hydrogen-bond donors (Lipinski definition) is 8. The molecule has 0 unspecified atom stereocenters. The van der Waals surface area contributed by atoms with Crippen LogP contribution in [-0.2, 0) is 52.9 Å². The third kappa shape index (κ3) is 12.5. The number of sulfone groups is 1. The van der Waals surface area contributed by atoms with E-state index < -0.39 is 52.1 Å². The number of sulfonamides is 1. The zero-order valence-corrected chi connectivity index (χ0v) is 38.4. The van der Waals surface area contributed by atoms with Gasteiger partial charge in [0.15, 0.2) is 27.9 Å². The van der Waals surface area contributed by atoms with Gasteiger partial charge in [-0.2, -0.15) is 23.8 Å². The number of nitrogens with one attached hydrogen (secondary N) is 1. The number of anilines is 4. The van der Waals surface area contributed by atoms with Crippen LogP contribution < -0.4 is 26.7 Å². The molecule has 0 saturated carbocycles. The fourth-order valence-corrected chi connectivity index (χ4v) is 9.40. The van der Waals surface area contributed by atoms with E-state index in [2.05, 4.69) is 54.2 Å². The SMILES string of the molecule is COc1cc(N=Nc2ccc(NS(=O)(=O)c3ccc(N=Nc4c(S(=O)(=O)O)cc5cc(SOOO)c(N=Nc6ccc(S(=O)(=O)CCOSOOO)cc6)c(N)c5c4O)cc3)cc2)c(N)cc1N. The predicted molar refractivity (Wildman–Crippen MR) is 245 cm³/mol. The maximum absolute atomic E-state index is 13.2. The fraction of sp³-hybridized carbons (Fsp3) is 0.0811. The van der Waals surface area contributed by atoms with Gasteiger partial charge in [0, 0.05) is 11.8 Å². The van der Waals surface area contributed by atoms with Crippen LogP contribution in [0.4, 0.5) is 56.9 Å². The number of hydrogen-bond acceptors (Lipinski definition) is 26. The first-order chi connectivity index (χ1) is 32.3. The second kappa shape index (κ2) is 22.0. The third-order valence-electron chi connectivity index (χ3n) is 8.93. The Morgan fingerprint density at radius 1 is 0.676 bits per heavy atom. The molecule has 0 aliphatic rings. The fourth-order valence-electron chi connectivity index (χ4n) is 5.77. The molecular weight excluding hydrogens is 1000 g/mol. The van der Waals surface area contributed by atoms with Crippen molar-refractivity contribution in [1.29, 1.82) is 0 Å². The maximum atomic E-state index is 13.2. The Hall–Kier alpha value is -6.59. The van der Waals surface area contributed by atoms with Crippen LogP contribution >= 0.6 is 24.4 Å². The molecule has 0 aliphatic heterocycles. The van der Waals surface area contributed by atoms with Crippen LogP contribution in [-0.4, -0.2) is 64.9 Å². The number of phenolic OH excluding ortho intramolecular Hbond substituents is 1. The van der Waals surface area contributed by atoms with Gasteiger partial charge >= 0.3 is 0 Å². The summed E-state index contributed by atoms with van der Waals surface area (Å²) in [5.41, 5.74) is 18.4. The molecule has 0 saturated heterocycles. The molecular formula is C37H34N10O16S5. The Morgan fingerprint density at radius 2 is 1.25 bits per heavy atom. The summed E-state index contributed by atoms with van der Waals surface area (Å²) in [5.74, 6) is -1.01. The smallest absolute Gasteiger partial charge is 0.296 e. The first-order valence-electron chi connectivity index (χ1n) is 18.4. The molecule has 0 spiro atoms. The lowest BCUT2D eigenvalue weighted by Gasteiger charge is -2.14. The van der Waals surface area contributed by atoms with Crippen molar-refractivity contribution >= 4 is 122 Å². The lowest BCUT2D eigenvalue weighted by Crippen LogP contribution is -2.12. The molecule has 0 amide bonds. The van der Waals surface area contributed by atoms with Gasteiger partial charge in [-0.3, -0.25) is 13.5 Å². The van der Waals surface area contributed by atoms with Gasteiger partial charge in [-0.25, -0.2) is 27.4 Å². The number of fused-ring (bicyclic) bond motifs is 1. The summed E-state index contributed by atoms with van der Waals surface area (Å²) < 4.78 is 108. The second-order valence-corrected chi connectivity index (χ2v) is 19.7. The van der Waals surface area contributed by atoms with E-state index in [0.717, 1.165) is 6.07 Å². The molecule has 0 aromatic heterocycles. The van der Waals surface area contributed by atoms with Gasteiger partial charge in [0.05, 0.1) is 85.7 Å². The molecule has 26 nitrogen and oxygen atoms in total. The maximum Gasteiger partial charge on any atom is 0.296 e. The number of benzene rings is 6. The van der Waals surface area contributed by atoms with Crippen molar-refractivity contribution in [2.75, 3.05) is 41.4 Å². The van der Waals surface area contributed by atoms with Crippen LogP contribution in [0.3, 0.4) is 0 Å². The van der Waals surface area contributed by atoms with Crippen LogP contribution in [0, 0.1) is 0 Å². The van der Waals surface area contributed by atoms with Crippen molar-refractivity contribution < 1.29 is 73.1 Å². The molecule has 6 aromatic carbocycles. The van der Waals surface area contributed by atoms with E-state index in [1.54, 1.807) is 0 Å². The van der Waals surface area contributed by atoms with Gasteiger partial charge in [-0.05, 0) is 96.4 Å². The standard InChI is InChI=1S/C37H34N10O16S5/c1-58-30-19-29(27(38)18-28(30)39)44-41-21-2-4-24(5-3-21)47-67(53,54)26-12-8-23(9-13-26)43-46-36-32(68(55,56)57)17-20-16-31(64-62-60-49)35(34(40)33(20)37(36)48)45-42-22-6-10-25(11-7-22)66(51,52)15-14-59-65-63-61-50/h2-13,16-19,47-50H,14-15,38-40H2,1H3,(H,55,56,57). The van der Waals surface area contributed by atoms with Crippen molar-refractivity contribution in [2.45, 2.75) is 19.6 Å². The van der Waals surface area contributed by atoms with Crippen molar-refractivity contribution in [3.63, 3.8) is 0 Å². The van der Waals surface area contributed by atoms with Crippen molar-refractivity contribution in [2.24, 2.45) is 30.7 Å². The van der Waals surface area contributed by atoms with Crippen LogP contribution in [0.15, 0.2) is 147 Å². The molecule has 31 heteroatoms. The van der Waals surface area contributed by atoms with E-state index in [1.807, 2.05) is 0 Å². The minimum atomic E-state index is -5.14. The summed E-state index contributed by atoms with van der Waals surface area (Å²) >= 11 is 0.551. The highest BCUT2D eigenvalue weighted by Crippen LogP contribution is 2.49. The molecule has 0 atom stereocenters. The van der Waals surface area contributed by atoms with Gasteiger partial charge in [-0.1, -0.05) is 10.1 Å². The Balaban J connectivity index is 1.23. The van der Waals surface area contributed by atoms with E-state index in [-0.39, 0.29) is 78.5 Å². The first kappa shape index (κ1) is 50.8. The van der Waals surface area contributed by atoms with Gasteiger partial charge in [0.2, 0.25) is 0 Å². The van der Waals surface area contributed by atoms with Crippen LogP contribution in [0.2, 0.25) is 0 Å². The third-order valence-corrected chi connectivity index (χ3v) is 13.9. The summed E-state index contributed by atoms with van der Waals surface area (Å²) in [5, 5.41) is 59.3. The van der Waals surface area contributed by atoms with Crippen LogP contribution in [0.5, 0.6) is 11.5 Å². The number of azo groups is 3. The highest BCUT2D eigenvalue weighted by atomic mass is 32.2. The minimum absolute atomic E-state index is 0.0249. The zero-order chi connectivity index (χ0) is 49.2.